The standard InChI is InChI=1S/C20H12FNO5S/c21-11-6-7-13-12(8-11)17-15(16(24)18(28-17)20(26)27)19(25)22(13)9-14(23)10-4-2-1-3-5-10/h1-8,24H,9H2,(H,26,27). The van der Waals surface area contributed by atoms with E-state index in [4.69, 9.17) is 0 Å². The van der Waals surface area contributed by atoms with E-state index in [9.17, 15) is 29.0 Å². The number of thiophene rings is 1. The Morgan fingerprint density at radius 3 is 2.50 bits per heavy atom. The number of halogens is 1. The zero-order chi connectivity index (χ0) is 20.0. The summed E-state index contributed by atoms with van der Waals surface area (Å²) in [5.41, 5.74) is -0.0356. The minimum atomic E-state index is -1.39. The highest BCUT2D eigenvalue weighted by atomic mass is 32.1. The fourth-order valence-electron chi connectivity index (χ4n) is 3.14. The molecule has 140 valence electrons. The van der Waals surface area contributed by atoms with Crippen molar-refractivity contribution in [1.29, 1.82) is 0 Å². The highest BCUT2D eigenvalue weighted by molar-refractivity contribution is 7.22. The quantitative estimate of drug-likeness (QED) is 0.513. The predicted octanol–water partition coefficient (Wildman–Crippen LogP) is 3.64. The molecular formula is C20H12FNO5S. The summed E-state index contributed by atoms with van der Waals surface area (Å²) in [5, 5.41) is 19.6. The van der Waals surface area contributed by atoms with E-state index in [0.717, 1.165) is 16.7 Å². The molecule has 0 unspecified atom stereocenters. The first kappa shape index (κ1) is 17.9. The molecule has 4 aromatic rings. The first-order valence-corrected chi connectivity index (χ1v) is 8.99. The summed E-state index contributed by atoms with van der Waals surface area (Å²) < 4.78 is 15.2. The monoisotopic (exact) mass is 397 g/mol. The number of carboxylic acids is 1. The molecule has 4 rings (SSSR count). The van der Waals surface area contributed by atoms with Crippen molar-refractivity contribution in [2.45, 2.75) is 6.54 Å². The average Bonchev–Trinajstić information content (AvgIpc) is 3.03. The molecule has 2 aromatic heterocycles. The van der Waals surface area contributed by atoms with E-state index in [1.807, 2.05) is 0 Å². The van der Waals surface area contributed by atoms with Gasteiger partial charge in [0, 0.05) is 10.9 Å². The van der Waals surface area contributed by atoms with Crippen molar-refractivity contribution < 1.29 is 24.2 Å². The Kier molecular flexibility index (Phi) is 4.20. The van der Waals surface area contributed by atoms with Gasteiger partial charge in [0.25, 0.3) is 5.56 Å². The number of hydrogen-bond donors (Lipinski definition) is 2. The molecule has 0 bridgehead atoms. The molecule has 0 spiro atoms. The second kappa shape index (κ2) is 6.58. The van der Waals surface area contributed by atoms with Gasteiger partial charge in [-0.15, -0.1) is 11.3 Å². The Labute approximate surface area is 160 Å². The van der Waals surface area contributed by atoms with Crippen molar-refractivity contribution in [2.75, 3.05) is 0 Å². The fourth-order valence-corrected chi connectivity index (χ4v) is 4.19. The number of aromatic hydroxyl groups is 1. The number of pyridine rings is 1. The predicted molar refractivity (Wildman–Crippen MR) is 103 cm³/mol. The van der Waals surface area contributed by atoms with Crippen LogP contribution < -0.4 is 5.56 Å². The Hall–Kier alpha value is -3.52. The van der Waals surface area contributed by atoms with E-state index < -0.39 is 28.0 Å². The van der Waals surface area contributed by atoms with E-state index in [0.29, 0.717) is 16.9 Å². The van der Waals surface area contributed by atoms with Gasteiger partial charge in [-0.25, -0.2) is 9.18 Å². The second-order valence-electron chi connectivity index (χ2n) is 6.13. The topological polar surface area (TPSA) is 96.6 Å². The van der Waals surface area contributed by atoms with Gasteiger partial charge in [0.2, 0.25) is 0 Å². The first-order chi connectivity index (χ1) is 13.4. The van der Waals surface area contributed by atoms with Crippen LogP contribution in [0.25, 0.3) is 21.0 Å². The zero-order valence-electron chi connectivity index (χ0n) is 14.2. The highest BCUT2D eigenvalue weighted by Crippen LogP contribution is 2.39. The van der Waals surface area contributed by atoms with Gasteiger partial charge in [0.15, 0.2) is 16.4 Å². The largest absolute Gasteiger partial charge is 0.505 e. The van der Waals surface area contributed by atoms with Gasteiger partial charge in [0.05, 0.1) is 16.8 Å². The lowest BCUT2D eigenvalue weighted by molar-refractivity contribution is 0.0699. The van der Waals surface area contributed by atoms with Crippen LogP contribution in [0.2, 0.25) is 0 Å². The van der Waals surface area contributed by atoms with Crippen LogP contribution in [0.4, 0.5) is 4.39 Å². The summed E-state index contributed by atoms with van der Waals surface area (Å²) in [4.78, 5) is 36.6. The third kappa shape index (κ3) is 2.74. The summed E-state index contributed by atoms with van der Waals surface area (Å²) in [7, 11) is 0. The van der Waals surface area contributed by atoms with Crippen LogP contribution >= 0.6 is 11.3 Å². The Morgan fingerprint density at radius 2 is 1.82 bits per heavy atom. The lowest BCUT2D eigenvalue weighted by atomic mass is 10.1. The van der Waals surface area contributed by atoms with Crippen molar-refractivity contribution in [3.63, 3.8) is 0 Å². The number of carbonyl (C=O) groups is 2. The number of fused-ring (bicyclic) bond motifs is 3. The molecule has 2 heterocycles. The maximum absolute atomic E-state index is 13.9. The smallest absolute Gasteiger partial charge is 0.349 e. The van der Waals surface area contributed by atoms with Crippen molar-refractivity contribution in [1.82, 2.24) is 4.57 Å². The average molecular weight is 397 g/mol. The van der Waals surface area contributed by atoms with Crippen LogP contribution in [0.5, 0.6) is 5.75 Å². The van der Waals surface area contributed by atoms with E-state index >= 15 is 0 Å². The molecule has 0 fully saturated rings. The van der Waals surface area contributed by atoms with Crippen molar-refractivity contribution in [3.05, 3.63) is 75.1 Å². The van der Waals surface area contributed by atoms with Crippen LogP contribution in [0, 0.1) is 5.82 Å². The maximum atomic E-state index is 13.9. The van der Waals surface area contributed by atoms with Gasteiger partial charge in [0.1, 0.15) is 11.2 Å². The normalized spacial score (nSPS) is 11.2. The highest BCUT2D eigenvalue weighted by Gasteiger charge is 2.24. The van der Waals surface area contributed by atoms with Gasteiger partial charge in [-0.3, -0.25) is 14.2 Å². The molecule has 0 amide bonds. The van der Waals surface area contributed by atoms with Gasteiger partial charge in [-0.1, -0.05) is 30.3 Å². The lowest BCUT2D eigenvalue weighted by Crippen LogP contribution is -2.24. The molecule has 0 radical (unpaired) electrons. The summed E-state index contributed by atoms with van der Waals surface area (Å²) >= 11 is 0.694. The number of hydrogen-bond acceptors (Lipinski definition) is 5. The lowest BCUT2D eigenvalue weighted by Gasteiger charge is -2.11. The Balaban J connectivity index is 2.03. The number of aromatic carboxylic acids is 1. The molecule has 8 heteroatoms. The molecule has 2 N–H and O–H groups in total. The van der Waals surface area contributed by atoms with Gasteiger partial charge in [-0.2, -0.15) is 0 Å². The minimum absolute atomic E-state index is 0.165. The summed E-state index contributed by atoms with van der Waals surface area (Å²) in [6.07, 6.45) is 0. The zero-order valence-corrected chi connectivity index (χ0v) is 15.0. The molecule has 0 saturated carbocycles. The molecule has 0 aliphatic heterocycles. The SMILES string of the molecule is O=C(Cn1c(=O)c2c(O)c(C(=O)O)sc2c2cc(F)ccc21)c1ccccc1. The van der Waals surface area contributed by atoms with Crippen LogP contribution in [0.3, 0.4) is 0 Å². The third-order valence-electron chi connectivity index (χ3n) is 4.43. The van der Waals surface area contributed by atoms with Crippen LogP contribution in [-0.4, -0.2) is 26.5 Å². The number of carboxylic acid groups (broad SMARTS) is 1. The fraction of sp³-hybridized carbons (Fsp3) is 0.0500. The number of aromatic nitrogens is 1. The van der Waals surface area contributed by atoms with Gasteiger partial charge in [-0.05, 0) is 18.2 Å². The molecule has 0 atom stereocenters. The molecule has 6 nitrogen and oxygen atoms in total. The van der Waals surface area contributed by atoms with Crippen molar-refractivity contribution in [3.8, 4) is 5.75 Å². The number of nitrogens with zero attached hydrogens (tertiary/aromatic N) is 1. The van der Waals surface area contributed by atoms with E-state index in [2.05, 4.69) is 0 Å². The van der Waals surface area contributed by atoms with Crippen LogP contribution in [0.15, 0.2) is 53.3 Å². The first-order valence-electron chi connectivity index (χ1n) is 8.17. The second-order valence-corrected chi connectivity index (χ2v) is 7.15. The molecule has 0 aliphatic rings. The number of ketones is 1. The van der Waals surface area contributed by atoms with Crippen LogP contribution in [0.1, 0.15) is 20.0 Å². The molecule has 28 heavy (non-hydrogen) atoms. The maximum Gasteiger partial charge on any atom is 0.349 e. The van der Waals surface area contributed by atoms with E-state index in [1.54, 1.807) is 30.3 Å². The van der Waals surface area contributed by atoms with E-state index in [-0.39, 0.29) is 33.3 Å². The van der Waals surface area contributed by atoms with Crippen molar-refractivity contribution in [2.24, 2.45) is 0 Å². The van der Waals surface area contributed by atoms with E-state index in [1.165, 1.54) is 6.07 Å². The van der Waals surface area contributed by atoms with Gasteiger partial charge < -0.3 is 10.2 Å². The number of Topliss-reactive ketones (excluding diaryl/α,β-unsaturated/α-hetero) is 1. The summed E-state index contributed by atoms with van der Waals surface area (Å²) in [6, 6.07) is 12.0. The number of carbonyl (C=O) groups excluding carboxylic acids is 1. The number of rotatable bonds is 4. The van der Waals surface area contributed by atoms with Crippen molar-refractivity contribution >= 4 is 44.1 Å². The summed E-state index contributed by atoms with van der Waals surface area (Å²) in [5.74, 6) is -3.00. The molecule has 0 saturated heterocycles. The van der Waals surface area contributed by atoms with Gasteiger partial charge >= 0.3 is 5.97 Å². The number of benzene rings is 2. The third-order valence-corrected chi connectivity index (χ3v) is 5.63. The Morgan fingerprint density at radius 1 is 1.11 bits per heavy atom. The summed E-state index contributed by atoms with van der Waals surface area (Å²) in [6.45, 7) is -0.335. The molecule has 2 aromatic carbocycles. The van der Waals surface area contributed by atoms with Crippen LogP contribution in [-0.2, 0) is 6.54 Å². The minimum Gasteiger partial charge on any atom is -0.505 e. The molecular weight excluding hydrogens is 385 g/mol. The molecule has 0 aliphatic carbocycles. The Bertz CT molecular complexity index is 1320.